The molecule has 28 heavy (non-hydrogen) atoms. The third-order valence-corrected chi connectivity index (χ3v) is 5.83. The van der Waals surface area contributed by atoms with Gasteiger partial charge in [-0.2, -0.15) is 0 Å². The molecule has 1 amide bonds. The van der Waals surface area contributed by atoms with Gasteiger partial charge in [-0.3, -0.25) is 14.7 Å². The van der Waals surface area contributed by atoms with Crippen LogP contribution in [0, 0.1) is 13.8 Å². The van der Waals surface area contributed by atoms with E-state index in [1.165, 1.54) is 16.7 Å². The average Bonchev–Trinajstić information content (AvgIpc) is 3.02. The first kappa shape index (κ1) is 18.7. The predicted octanol–water partition coefficient (Wildman–Crippen LogP) is 3.22. The molecule has 1 N–H and O–H groups in total. The van der Waals surface area contributed by atoms with Crippen LogP contribution in [0.15, 0.2) is 47.5 Å². The highest BCUT2D eigenvalue weighted by atomic mass is 16.5. The number of hydrogen-bond acceptors (Lipinski definition) is 4. The number of ether oxygens (including phenoxy) is 1. The maximum absolute atomic E-state index is 12.6. The molecule has 0 saturated carbocycles. The summed E-state index contributed by atoms with van der Waals surface area (Å²) in [6.45, 7) is 7.10. The molecule has 1 saturated heterocycles. The molecule has 5 heteroatoms. The number of nitrogens with zero attached hydrogens (tertiary/aromatic N) is 2. The van der Waals surface area contributed by atoms with E-state index >= 15 is 0 Å². The minimum Gasteiger partial charge on any atom is -0.497 e. The first-order valence-corrected chi connectivity index (χ1v) is 9.83. The number of likely N-dealkylation sites (tertiary alicyclic amines) is 1. The molecular weight excluding hydrogens is 350 g/mol. The third kappa shape index (κ3) is 3.67. The number of nitrogens with one attached hydrogen (secondary N) is 1. The Hall–Kier alpha value is -2.66. The Balaban J connectivity index is 1.45. The number of carbonyl (C=O) groups is 1. The van der Waals surface area contributed by atoms with Gasteiger partial charge in [0.1, 0.15) is 17.1 Å². The van der Waals surface area contributed by atoms with Crippen molar-refractivity contribution < 1.29 is 9.53 Å². The number of amides is 1. The molecule has 1 spiro atoms. The van der Waals surface area contributed by atoms with Crippen molar-refractivity contribution in [1.82, 2.24) is 10.2 Å². The summed E-state index contributed by atoms with van der Waals surface area (Å²) in [5.74, 6) is 0.699. The molecule has 2 aliphatic heterocycles. The molecule has 2 aliphatic rings. The average molecular weight is 377 g/mol. The Bertz CT molecular complexity index is 910. The van der Waals surface area contributed by atoms with E-state index < -0.39 is 5.66 Å². The summed E-state index contributed by atoms with van der Waals surface area (Å²) in [7, 11) is 1.63. The highest BCUT2D eigenvalue weighted by molar-refractivity contribution is 6.46. The summed E-state index contributed by atoms with van der Waals surface area (Å²) in [4.78, 5) is 19.9. The van der Waals surface area contributed by atoms with Gasteiger partial charge < -0.3 is 10.1 Å². The zero-order chi connectivity index (χ0) is 19.7. The van der Waals surface area contributed by atoms with E-state index in [9.17, 15) is 4.79 Å². The molecular formula is C23H27N3O2. The summed E-state index contributed by atoms with van der Waals surface area (Å²) >= 11 is 0. The van der Waals surface area contributed by atoms with E-state index in [1.54, 1.807) is 7.11 Å². The van der Waals surface area contributed by atoms with Gasteiger partial charge >= 0.3 is 0 Å². The molecule has 1 fully saturated rings. The van der Waals surface area contributed by atoms with Crippen molar-refractivity contribution in [3.8, 4) is 5.75 Å². The SMILES string of the molecule is COc1ccc(C2=NC3(CCN(Cc4cc(C)ccc4C)CC3)NC2=O)cc1. The van der Waals surface area contributed by atoms with E-state index in [0.29, 0.717) is 5.71 Å². The van der Waals surface area contributed by atoms with Crippen molar-refractivity contribution in [1.29, 1.82) is 0 Å². The van der Waals surface area contributed by atoms with Crippen molar-refractivity contribution in [2.45, 2.75) is 38.9 Å². The molecule has 0 bridgehead atoms. The summed E-state index contributed by atoms with van der Waals surface area (Å²) in [5.41, 5.74) is 4.93. The zero-order valence-electron chi connectivity index (χ0n) is 16.8. The van der Waals surface area contributed by atoms with Gasteiger partial charge in [0, 0.05) is 38.0 Å². The van der Waals surface area contributed by atoms with Crippen LogP contribution in [0.25, 0.3) is 0 Å². The molecule has 0 aliphatic carbocycles. The zero-order valence-corrected chi connectivity index (χ0v) is 16.8. The lowest BCUT2D eigenvalue weighted by Crippen LogP contribution is -2.50. The quantitative estimate of drug-likeness (QED) is 0.890. The number of rotatable bonds is 4. The van der Waals surface area contributed by atoms with E-state index in [0.717, 1.165) is 43.8 Å². The number of piperidine rings is 1. The van der Waals surface area contributed by atoms with Gasteiger partial charge in [0.25, 0.3) is 5.91 Å². The number of hydrogen-bond donors (Lipinski definition) is 1. The van der Waals surface area contributed by atoms with Gasteiger partial charge in [-0.15, -0.1) is 0 Å². The molecule has 0 aromatic heterocycles. The van der Waals surface area contributed by atoms with Gasteiger partial charge in [0.15, 0.2) is 0 Å². The fourth-order valence-electron chi connectivity index (χ4n) is 4.04. The fourth-order valence-corrected chi connectivity index (χ4v) is 4.04. The Morgan fingerprint density at radius 1 is 1.11 bits per heavy atom. The number of aliphatic imine (C=N–C) groups is 1. The van der Waals surface area contributed by atoms with Gasteiger partial charge in [0.05, 0.1) is 7.11 Å². The van der Waals surface area contributed by atoms with Gasteiger partial charge in [0.2, 0.25) is 0 Å². The van der Waals surface area contributed by atoms with Crippen LogP contribution in [0.3, 0.4) is 0 Å². The van der Waals surface area contributed by atoms with Crippen molar-refractivity contribution in [2.75, 3.05) is 20.2 Å². The molecule has 5 nitrogen and oxygen atoms in total. The number of methoxy groups -OCH3 is 1. The Labute approximate surface area is 166 Å². The standard InChI is InChI=1S/C23H27N3O2/c1-16-4-5-17(2)19(14-16)15-26-12-10-23(11-13-26)24-21(22(27)25-23)18-6-8-20(28-3)9-7-18/h4-9,14H,10-13,15H2,1-3H3,(H,25,27). The lowest BCUT2D eigenvalue weighted by Gasteiger charge is -2.37. The Morgan fingerprint density at radius 3 is 2.50 bits per heavy atom. The van der Waals surface area contributed by atoms with Crippen molar-refractivity contribution >= 4 is 11.6 Å². The maximum Gasteiger partial charge on any atom is 0.272 e. The number of aryl methyl sites for hydroxylation is 2. The lowest BCUT2D eigenvalue weighted by atomic mass is 9.97. The van der Waals surface area contributed by atoms with Crippen LogP contribution >= 0.6 is 0 Å². The molecule has 2 aromatic rings. The maximum atomic E-state index is 12.6. The molecule has 2 aromatic carbocycles. The topological polar surface area (TPSA) is 53.9 Å². The van der Waals surface area contributed by atoms with Crippen LogP contribution in [0.5, 0.6) is 5.75 Å². The summed E-state index contributed by atoms with van der Waals surface area (Å²) in [5, 5.41) is 3.15. The van der Waals surface area contributed by atoms with E-state index in [2.05, 4.69) is 42.3 Å². The van der Waals surface area contributed by atoms with E-state index in [-0.39, 0.29) is 5.91 Å². The second kappa shape index (κ2) is 7.40. The molecule has 4 rings (SSSR count). The largest absolute Gasteiger partial charge is 0.497 e. The van der Waals surface area contributed by atoms with Gasteiger partial charge in [-0.1, -0.05) is 23.8 Å². The second-order valence-electron chi connectivity index (χ2n) is 7.88. The van der Waals surface area contributed by atoms with Crippen LogP contribution in [0.4, 0.5) is 0 Å². The summed E-state index contributed by atoms with van der Waals surface area (Å²) < 4.78 is 5.20. The minimum absolute atomic E-state index is 0.0758. The predicted molar refractivity (Wildman–Crippen MR) is 111 cm³/mol. The van der Waals surface area contributed by atoms with Crippen LogP contribution in [-0.2, 0) is 11.3 Å². The fraction of sp³-hybridized carbons (Fsp3) is 0.391. The molecule has 146 valence electrons. The van der Waals surface area contributed by atoms with Crippen LogP contribution in [-0.4, -0.2) is 42.4 Å². The minimum atomic E-state index is -0.454. The smallest absolute Gasteiger partial charge is 0.272 e. The van der Waals surface area contributed by atoms with Gasteiger partial charge in [-0.05, 0) is 49.2 Å². The molecule has 0 radical (unpaired) electrons. The summed E-state index contributed by atoms with van der Waals surface area (Å²) in [6.07, 6.45) is 1.67. The number of carbonyl (C=O) groups excluding carboxylic acids is 1. The van der Waals surface area contributed by atoms with Crippen LogP contribution < -0.4 is 10.1 Å². The first-order chi connectivity index (χ1) is 13.5. The van der Waals surface area contributed by atoms with Crippen LogP contribution in [0.2, 0.25) is 0 Å². The normalized spacial score (nSPS) is 18.8. The Morgan fingerprint density at radius 2 is 1.82 bits per heavy atom. The van der Waals surface area contributed by atoms with Crippen molar-refractivity contribution in [3.63, 3.8) is 0 Å². The first-order valence-electron chi connectivity index (χ1n) is 9.83. The summed E-state index contributed by atoms with van der Waals surface area (Å²) in [6, 6.07) is 14.1. The molecule has 2 heterocycles. The number of benzene rings is 2. The molecule has 0 unspecified atom stereocenters. The highest BCUT2D eigenvalue weighted by Crippen LogP contribution is 2.30. The van der Waals surface area contributed by atoms with Crippen molar-refractivity contribution in [3.05, 3.63) is 64.7 Å². The van der Waals surface area contributed by atoms with Crippen LogP contribution in [0.1, 0.15) is 35.1 Å². The highest BCUT2D eigenvalue weighted by Gasteiger charge is 2.42. The molecule has 0 atom stereocenters. The monoisotopic (exact) mass is 377 g/mol. The van der Waals surface area contributed by atoms with E-state index in [4.69, 9.17) is 9.73 Å². The lowest BCUT2D eigenvalue weighted by molar-refractivity contribution is -0.115. The van der Waals surface area contributed by atoms with Gasteiger partial charge in [-0.25, -0.2) is 0 Å². The third-order valence-electron chi connectivity index (χ3n) is 5.83. The van der Waals surface area contributed by atoms with E-state index in [1.807, 2.05) is 24.3 Å². The van der Waals surface area contributed by atoms with Crippen molar-refractivity contribution in [2.24, 2.45) is 4.99 Å². The second-order valence-corrected chi connectivity index (χ2v) is 7.88. The Kier molecular flexibility index (Phi) is 4.94.